The lowest BCUT2D eigenvalue weighted by molar-refractivity contribution is 0.0520. The van der Waals surface area contributed by atoms with E-state index >= 15 is 0 Å². The molecule has 0 atom stereocenters. The maximum atomic E-state index is 12.7. The van der Waals surface area contributed by atoms with Gasteiger partial charge in [-0.15, -0.1) is 0 Å². The van der Waals surface area contributed by atoms with E-state index in [2.05, 4.69) is 0 Å². The Bertz CT molecular complexity index is 939. The van der Waals surface area contributed by atoms with Crippen molar-refractivity contribution in [1.82, 2.24) is 0 Å². The fourth-order valence-corrected chi connectivity index (χ4v) is 2.71. The lowest BCUT2D eigenvalue weighted by Gasteiger charge is -2.09. The number of esters is 1. The van der Waals surface area contributed by atoms with Gasteiger partial charge in [0.15, 0.2) is 0 Å². The van der Waals surface area contributed by atoms with E-state index in [1.54, 1.807) is 13.0 Å². The van der Waals surface area contributed by atoms with Crippen molar-refractivity contribution in [2.24, 2.45) is 0 Å². The first-order valence-electron chi connectivity index (χ1n) is 7.98. The molecule has 122 valence electrons. The summed E-state index contributed by atoms with van der Waals surface area (Å²) >= 11 is 0. The van der Waals surface area contributed by atoms with Crippen LogP contribution in [-0.4, -0.2) is 12.6 Å². The summed E-state index contributed by atoms with van der Waals surface area (Å²) in [4.78, 5) is 24.8. The van der Waals surface area contributed by atoms with E-state index in [1.807, 2.05) is 49.4 Å². The highest BCUT2D eigenvalue weighted by Gasteiger charge is 2.21. The van der Waals surface area contributed by atoms with Crippen LogP contribution in [0, 0.1) is 0 Å². The van der Waals surface area contributed by atoms with Crippen LogP contribution < -0.4 is 5.43 Å². The van der Waals surface area contributed by atoms with Crippen molar-refractivity contribution in [2.75, 3.05) is 6.61 Å². The molecule has 3 aromatic rings. The molecular weight excluding hydrogens is 304 g/mol. The lowest BCUT2D eigenvalue weighted by Crippen LogP contribution is -2.20. The minimum atomic E-state index is -0.628. The Labute approximate surface area is 139 Å². The number of rotatable bonds is 4. The van der Waals surface area contributed by atoms with E-state index in [0.717, 1.165) is 11.1 Å². The second-order valence-electron chi connectivity index (χ2n) is 5.38. The maximum Gasteiger partial charge on any atom is 0.345 e. The quantitative estimate of drug-likeness (QED) is 0.676. The van der Waals surface area contributed by atoms with Crippen molar-refractivity contribution in [3.8, 4) is 11.1 Å². The van der Waals surface area contributed by atoms with Gasteiger partial charge in [0.1, 0.15) is 16.9 Å². The summed E-state index contributed by atoms with van der Waals surface area (Å²) in [6.07, 6.45) is 0.439. The van der Waals surface area contributed by atoms with E-state index in [-0.39, 0.29) is 17.6 Å². The molecule has 24 heavy (non-hydrogen) atoms. The van der Waals surface area contributed by atoms with Crippen molar-refractivity contribution in [2.45, 2.75) is 20.3 Å². The molecule has 4 heteroatoms. The molecule has 0 spiro atoms. The fourth-order valence-electron chi connectivity index (χ4n) is 2.71. The van der Waals surface area contributed by atoms with Crippen LogP contribution >= 0.6 is 0 Å². The first-order valence-corrected chi connectivity index (χ1v) is 7.98. The Hall–Kier alpha value is -2.88. The van der Waals surface area contributed by atoms with E-state index < -0.39 is 5.97 Å². The summed E-state index contributed by atoms with van der Waals surface area (Å²) in [6, 6.07) is 15.2. The molecule has 0 N–H and O–H groups in total. The molecule has 0 saturated heterocycles. The number of benzene rings is 2. The van der Waals surface area contributed by atoms with Gasteiger partial charge in [-0.05, 0) is 30.2 Å². The van der Waals surface area contributed by atoms with E-state index in [9.17, 15) is 9.59 Å². The average molecular weight is 322 g/mol. The molecule has 0 fully saturated rings. The van der Waals surface area contributed by atoms with Crippen molar-refractivity contribution >= 4 is 16.9 Å². The molecule has 1 heterocycles. The molecule has 0 radical (unpaired) electrons. The Balaban J connectivity index is 2.21. The SMILES string of the molecule is CCOC(=O)c1c(CC)oc2cc(-c3ccccc3)ccc2c1=O. The lowest BCUT2D eigenvalue weighted by atomic mass is 10.0. The summed E-state index contributed by atoms with van der Waals surface area (Å²) in [7, 11) is 0. The standard InChI is InChI=1S/C20H18O4/c1-3-16-18(20(22)23-4-2)19(21)15-11-10-14(12-17(15)24-16)13-8-6-5-7-9-13/h5-12H,3-4H2,1-2H3. The summed E-state index contributed by atoms with van der Waals surface area (Å²) < 4.78 is 10.8. The molecule has 0 amide bonds. The third-order valence-electron chi connectivity index (χ3n) is 3.87. The largest absolute Gasteiger partial charge is 0.462 e. The summed E-state index contributed by atoms with van der Waals surface area (Å²) in [5.41, 5.74) is 2.13. The molecule has 0 aliphatic heterocycles. The number of fused-ring (bicyclic) bond motifs is 1. The monoisotopic (exact) mass is 322 g/mol. The van der Waals surface area contributed by atoms with Crippen LogP contribution in [0.1, 0.15) is 30.0 Å². The summed E-state index contributed by atoms with van der Waals surface area (Å²) in [5, 5.41) is 0.384. The predicted octanol–water partition coefficient (Wildman–Crippen LogP) is 4.20. The van der Waals surface area contributed by atoms with Crippen LogP contribution in [-0.2, 0) is 11.2 Å². The van der Waals surface area contributed by atoms with Crippen LogP contribution in [0.15, 0.2) is 57.7 Å². The molecule has 1 aromatic heterocycles. The fraction of sp³-hybridized carbons (Fsp3) is 0.200. The molecule has 0 bridgehead atoms. The number of ether oxygens (including phenoxy) is 1. The van der Waals surface area contributed by atoms with Crippen LogP contribution in [0.2, 0.25) is 0 Å². The third kappa shape index (κ3) is 2.83. The smallest absolute Gasteiger partial charge is 0.345 e. The third-order valence-corrected chi connectivity index (χ3v) is 3.87. The van der Waals surface area contributed by atoms with Gasteiger partial charge in [0, 0.05) is 6.42 Å². The molecule has 4 nitrogen and oxygen atoms in total. The molecule has 2 aromatic carbocycles. The zero-order chi connectivity index (χ0) is 17.1. The zero-order valence-electron chi connectivity index (χ0n) is 13.7. The highest BCUT2D eigenvalue weighted by Crippen LogP contribution is 2.25. The molecule has 0 aliphatic rings. The Kier molecular flexibility index (Phi) is 4.47. The predicted molar refractivity (Wildman–Crippen MR) is 93.3 cm³/mol. The summed E-state index contributed by atoms with van der Waals surface area (Å²) in [6.45, 7) is 3.76. The molecular formula is C20H18O4. The first kappa shape index (κ1) is 16.0. The molecule has 0 aliphatic carbocycles. The Morgan fingerprint density at radius 3 is 2.46 bits per heavy atom. The number of hydrogen-bond donors (Lipinski definition) is 0. The van der Waals surface area contributed by atoms with Crippen LogP contribution in [0.25, 0.3) is 22.1 Å². The van der Waals surface area contributed by atoms with Gasteiger partial charge in [-0.25, -0.2) is 4.79 Å². The van der Waals surface area contributed by atoms with Crippen molar-refractivity contribution in [3.05, 3.63) is 70.1 Å². The highest BCUT2D eigenvalue weighted by atomic mass is 16.5. The zero-order valence-corrected chi connectivity index (χ0v) is 13.7. The van der Waals surface area contributed by atoms with Gasteiger partial charge in [-0.3, -0.25) is 4.79 Å². The second kappa shape index (κ2) is 6.71. The number of aryl methyl sites for hydroxylation is 1. The van der Waals surface area contributed by atoms with E-state index in [0.29, 0.717) is 23.2 Å². The normalized spacial score (nSPS) is 10.8. The van der Waals surface area contributed by atoms with Crippen LogP contribution in [0.5, 0.6) is 0 Å². The van der Waals surface area contributed by atoms with E-state index in [1.165, 1.54) is 0 Å². The maximum absolute atomic E-state index is 12.7. The first-order chi connectivity index (χ1) is 11.7. The topological polar surface area (TPSA) is 56.5 Å². The summed E-state index contributed by atoms with van der Waals surface area (Å²) in [5.74, 6) is -0.270. The minimum Gasteiger partial charge on any atom is -0.462 e. The minimum absolute atomic E-state index is 0.000638. The van der Waals surface area contributed by atoms with Crippen molar-refractivity contribution in [1.29, 1.82) is 0 Å². The molecule has 3 rings (SSSR count). The number of carbonyl (C=O) groups is 1. The van der Waals surface area contributed by atoms with Crippen molar-refractivity contribution < 1.29 is 13.9 Å². The van der Waals surface area contributed by atoms with Gasteiger partial charge >= 0.3 is 5.97 Å². The number of hydrogen-bond acceptors (Lipinski definition) is 4. The Morgan fingerprint density at radius 2 is 1.79 bits per heavy atom. The average Bonchev–Trinajstić information content (AvgIpc) is 2.62. The van der Waals surface area contributed by atoms with Gasteiger partial charge in [0.05, 0.1) is 12.0 Å². The molecule has 0 unspecified atom stereocenters. The van der Waals surface area contributed by atoms with Gasteiger partial charge in [-0.2, -0.15) is 0 Å². The van der Waals surface area contributed by atoms with Gasteiger partial charge in [-0.1, -0.05) is 43.3 Å². The van der Waals surface area contributed by atoms with Crippen LogP contribution in [0.4, 0.5) is 0 Å². The van der Waals surface area contributed by atoms with Gasteiger partial charge in [0.25, 0.3) is 0 Å². The van der Waals surface area contributed by atoms with Crippen molar-refractivity contribution in [3.63, 3.8) is 0 Å². The van der Waals surface area contributed by atoms with E-state index in [4.69, 9.17) is 9.15 Å². The number of carbonyl (C=O) groups excluding carboxylic acids is 1. The second-order valence-corrected chi connectivity index (χ2v) is 5.38. The Morgan fingerprint density at radius 1 is 1.04 bits per heavy atom. The van der Waals surface area contributed by atoms with Crippen LogP contribution in [0.3, 0.4) is 0 Å². The highest BCUT2D eigenvalue weighted by molar-refractivity contribution is 5.95. The van der Waals surface area contributed by atoms with Gasteiger partial charge in [0.2, 0.25) is 5.43 Å². The molecule has 0 saturated carbocycles. The van der Waals surface area contributed by atoms with Gasteiger partial charge < -0.3 is 9.15 Å².